The summed E-state index contributed by atoms with van der Waals surface area (Å²) in [5.74, 6) is 6.71. The van der Waals surface area contributed by atoms with Gasteiger partial charge < -0.3 is 4.74 Å². The van der Waals surface area contributed by atoms with Crippen LogP contribution in [-0.2, 0) is 10.9 Å². The lowest BCUT2D eigenvalue weighted by Gasteiger charge is -2.33. The Morgan fingerprint density at radius 1 is 1.22 bits per heavy atom. The van der Waals surface area contributed by atoms with E-state index in [1.54, 1.807) is 25.7 Å². The molecule has 1 aliphatic carbocycles. The number of alkyl halides is 3. The molecule has 2 heterocycles. The first-order valence-corrected chi connectivity index (χ1v) is 8.99. The Kier molecular flexibility index (Phi) is 4.87. The van der Waals surface area contributed by atoms with Gasteiger partial charge in [-0.3, -0.25) is 4.90 Å². The number of amides is 1. The monoisotopic (exact) mass is 380 g/mol. The highest BCUT2D eigenvalue weighted by molar-refractivity contribution is 5.69. The number of aryl methyl sites for hydroxylation is 1. The highest BCUT2D eigenvalue weighted by Gasteiger charge is 2.47. The molecule has 4 nitrogen and oxygen atoms in total. The van der Waals surface area contributed by atoms with Crippen molar-refractivity contribution in [2.75, 3.05) is 6.54 Å². The van der Waals surface area contributed by atoms with Crippen molar-refractivity contribution < 1.29 is 22.7 Å². The van der Waals surface area contributed by atoms with Crippen molar-refractivity contribution in [2.24, 2.45) is 11.8 Å². The van der Waals surface area contributed by atoms with E-state index in [0.717, 1.165) is 25.0 Å². The smallest absolute Gasteiger partial charge is 0.416 e. The lowest BCUT2D eigenvalue weighted by atomic mass is 10.0. The second kappa shape index (κ2) is 6.74. The average molecular weight is 380 g/mol. The molecule has 2 aliphatic rings. The van der Waals surface area contributed by atoms with Gasteiger partial charge in [-0.05, 0) is 70.4 Å². The highest BCUT2D eigenvalue weighted by atomic mass is 19.4. The first-order chi connectivity index (χ1) is 12.4. The zero-order valence-corrected chi connectivity index (χ0v) is 15.9. The van der Waals surface area contributed by atoms with Crippen LogP contribution in [0.4, 0.5) is 18.0 Å². The molecule has 1 aromatic heterocycles. The third-order valence-corrected chi connectivity index (χ3v) is 4.68. The van der Waals surface area contributed by atoms with Crippen LogP contribution >= 0.6 is 0 Å². The quantitative estimate of drug-likeness (QED) is 0.627. The van der Waals surface area contributed by atoms with Gasteiger partial charge in [0.2, 0.25) is 0 Å². The molecule has 146 valence electrons. The number of halogens is 3. The largest absolute Gasteiger partial charge is 0.444 e. The minimum absolute atomic E-state index is 0.0596. The minimum Gasteiger partial charge on any atom is -0.444 e. The van der Waals surface area contributed by atoms with Gasteiger partial charge in [-0.1, -0.05) is 5.92 Å². The van der Waals surface area contributed by atoms with E-state index in [1.165, 1.54) is 6.92 Å². The zero-order chi connectivity index (χ0) is 20.0. The molecular formula is C20H23F3N2O2. The Hall–Kier alpha value is -2.23. The number of fused-ring (bicyclic) bond motifs is 1. The molecule has 0 bridgehead atoms. The van der Waals surface area contributed by atoms with Crippen LogP contribution in [0.1, 0.15) is 50.6 Å². The summed E-state index contributed by atoms with van der Waals surface area (Å²) in [5.41, 5.74) is -1.07. The maximum Gasteiger partial charge on any atom is 0.416 e. The van der Waals surface area contributed by atoms with Gasteiger partial charge in [-0.15, -0.1) is 0 Å². The number of rotatable bonds is 0. The van der Waals surface area contributed by atoms with Gasteiger partial charge in [0, 0.05) is 12.2 Å². The second-order valence-corrected chi connectivity index (χ2v) is 8.29. The third kappa shape index (κ3) is 4.94. The van der Waals surface area contributed by atoms with Gasteiger partial charge in [-0.2, -0.15) is 13.2 Å². The van der Waals surface area contributed by atoms with Crippen molar-refractivity contribution >= 4 is 6.09 Å². The van der Waals surface area contributed by atoms with Crippen LogP contribution in [0.25, 0.3) is 0 Å². The van der Waals surface area contributed by atoms with E-state index in [9.17, 15) is 18.0 Å². The van der Waals surface area contributed by atoms with Crippen molar-refractivity contribution in [2.45, 2.75) is 58.4 Å². The Morgan fingerprint density at radius 2 is 1.93 bits per heavy atom. The van der Waals surface area contributed by atoms with Gasteiger partial charge in [-0.25, -0.2) is 9.78 Å². The molecular weight excluding hydrogens is 357 g/mol. The van der Waals surface area contributed by atoms with E-state index in [2.05, 4.69) is 16.8 Å². The number of piperidine rings is 1. The minimum atomic E-state index is -4.45. The Labute approximate surface area is 157 Å². The Morgan fingerprint density at radius 3 is 2.56 bits per heavy atom. The molecule has 2 fully saturated rings. The van der Waals surface area contributed by atoms with E-state index in [0.29, 0.717) is 18.4 Å². The van der Waals surface area contributed by atoms with E-state index in [4.69, 9.17) is 4.74 Å². The van der Waals surface area contributed by atoms with E-state index in [1.807, 2.05) is 0 Å². The second-order valence-electron chi connectivity index (χ2n) is 8.29. The van der Waals surface area contributed by atoms with E-state index in [-0.39, 0.29) is 17.4 Å². The van der Waals surface area contributed by atoms with Crippen LogP contribution in [0.2, 0.25) is 0 Å². The fraction of sp³-hybridized carbons (Fsp3) is 0.600. The van der Waals surface area contributed by atoms with Crippen molar-refractivity contribution in [3.63, 3.8) is 0 Å². The molecule has 1 amide bonds. The van der Waals surface area contributed by atoms with Gasteiger partial charge in [0.1, 0.15) is 11.3 Å². The number of aromatic nitrogens is 1. The van der Waals surface area contributed by atoms with Gasteiger partial charge >= 0.3 is 12.3 Å². The van der Waals surface area contributed by atoms with E-state index < -0.39 is 23.4 Å². The number of hydrogen-bond donors (Lipinski definition) is 0. The lowest BCUT2D eigenvalue weighted by Crippen LogP contribution is -2.46. The van der Waals surface area contributed by atoms with Crippen LogP contribution < -0.4 is 0 Å². The average Bonchev–Trinajstić information content (AvgIpc) is 3.27. The summed E-state index contributed by atoms with van der Waals surface area (Å²) in [6, 6.07) is 1.56. The molecule has 0 aromatic carbocycles. The van der Waals surface area contributed by atoms with Gasteiger partial charge in [0.05, 0.1) is 11.6 Å². The summed E-state index contributed by atoms with van der Waals surface area (Å²) in [5, 5.41) is 0. The predicted octanol–water partition coefficient (Wildman–Crippen LogP) is 4.41. The number of hydrogen-bond acceptors (Lipinski definition) is 3. The highest BCUT2D eigenvalue weighted by Crippen LogP contribution is 2.47. The van der Waals surface area contributed by atoms with Crippen LogP contribution in [0.15, 0.2) is 12.1 Å². The summed E-state index contributed by atoms with van der Waals surface area (Å²) < 4.78 is 44.4. The topological polar surface area (TPSA) is 42.4 Å². The number of carbonyl (C=O) groups excluding carboxylic acids is 1. The molecule has 1 saturated heterocycles. The molecule has 1 aliphatic heterocycles. The molecule has 1 saturated carbocycles. The lowest BCUT2D eigenvalue weighted by molar-refractivity contribution is -0.137. The van der Waals surface area contributed by atoms with Gasteiger partial charge in [0.25, 0.3) is 0 Å². The zero-order valence-electron chi connectivity index (χ0n) is 15.9. The molecule has 0 unspecified atom stereocenters. The van der Waals surface area contributed by atoms with Crippen LogP contribution in [-0.4, -0.2) is 34.2 Å². The van der Waals surface area contributed by atoms with Crippen molar-refractivity contribution in [1.82, 2.24) is 9.88 Å². The number of ether oxygens (including phenoxy) is 1. The SMILES string of the molecule is Cc1cc(C(F)(F)F)cc(C#C[C@@H]2C[C@H]3C[C@H]3CN2C(=O)OC(C)(C)C)n1. The normalized spacial score (nSPS) is 24.6. The maximum atomic E-state index is 13.0. The molecule has 0 N–H and O–H groups in total. The summed E-state index contributed by atoms with van der Waals surface area (Å²) in [7, 11) is 0. The molecule has 3 atom stereocenters. The fourth-order valence-corrected chi connectivity index (χ4v) is 3.33. The fourth-order valence-electron chi connectivity index (χ4n) is 3.33. The standard InChI is InChI=1S/C20H23F3N2O2/c1-12-7-15(20(21,22)23)10-16(24-12)5-6-17-9-13-8-14(13)11-25(17)18(26)27-19(2,3)4/h7,10,13-14,17H,8-9,11H2,1-4H3/t13-,14+,17-/m1/s1. The number of nitrogens with zero attached hydrogens (tertiary/aromatic N) is 2. The van der Waals surface area contributed by atoms with Crippen molar-refractivity contribution in [3.8, 4) is 11.8 Å². The van der Waals surface area contributed by atoms with Gasteiger partial charge in [0.15, 0.2) is 0 Å². The van der Waals surface area contributed by atoms with Crippen molar-refractivity contribution in [1.29, 1.82) is 0 Å². The Balaban J connectivity index is 1.83. The summed E-state index contributed by atoms with van der Waals surface area (Å²) in [6.45, 7) is 7.47. The van der Waals surface area contributed by atoms with Crippen LogP contribution in [0.3, 0.4) is 0 Å². The summed E-state index contributed by atoms with van der Waals surface area (Å²) in [4.78, 5) is 18.2. The summed E-state index contributed by atoms with van der Waals surface area (Å²) in [6.07, 6.45) is -3.10. The number of likely N-dealkylation sites (tertiary alicyclic amines) is 1. The van der Waals surface area contributed by atoms with Crippen LogP contribution in [0.5, 0.6) is 0 Å². The molecule has 0 spiro atoms. The molecule has 7 heteroatoms. The number of carbonyl (C=O) groups is 1. The van der Waals surface area contributed by atoms with Crippen molar-refractivity contribution in [3.05, 3.63) is 29.1 Å². The first kappa shape index (κ1) is 19.5. The maximum absolute atomic E-state index is 13.0. The predicted molar refractivity (Wildman–Crippen MR) is 93.8 cm³/mol. The first-order valence-electron chi connectivity index (χ1n) is 8.99. The molecule has 27 heavy (non-hydrogen) atoms. The molecule has 3 rings (SSSR count). The van der Waals surface area contributed by atoms with Crippen LogP contribution in [0, 0.1) is 30.6 Å². The van der Waals surface area contributed by atoms with E-state index >= 15 is 0 Å². The Bertz CT molecular complexity index is 802. The third-order valence-electron chi connectivity index (χ3n) is 4.68. The number of pyridine rings is 1. The summed E-state index contributed by atoms with van der Waals surface area (Å²) >= 11 is 0. The molecule has 0 radical (unpaired) electrons. The molecule has 1 aromatic rings.